The van der Waals surface area contributed by atoms with Crippen LogP contribution < -0.4 is 10.6 Å². The summed E-state index contributed by atoms with van der Waals surface area (Å²) < 4.78 is 0. The molecular weight excluding hydrogens is 374 g/mol. The summed E-state index contributed by atoms with van der Waals surface area (Å²) in [4.78, 5) is 24.8. The average Bonchev–Trinajstić information content (AvgIpc) is 2.77. The van der Waals surface area contributed by atoms with Crippen molar-refractivity contribution in [2.75, 3.05) is 5.32 Å². The number of rotatable bonds is 6. The number of nitrogens with one attached hydrogen (secondary N) is 2. The van der Waals surface area contributed by atoms with Gasteiger partial charge >= 0.3 is 0 Å². The third kappa shape index (κ3) is 5.66. The Hall–Kier alpha value is -4.17. The number of carbonyl (C=O) groups excluding carboxylic acids is 2. The summed E-state index contributed by atoms with van der Waals surface area (Å²) >= 11 is 0. The second-order valence-electron chi connectivity index (χ2n) is 6.78. The second-order valence-corrected chi connectivity index (χ2v) is 6.78. The highest BCUT2D eigenvalue weighted by molar-refractivity contribution is 6.05. The van der Waals surface area contributed by atoms with Crippen molar-refractivity contribution in [1.82, 2.24) is 5.32 Å². The van der Waals surface area contributed by atoms with Gasteiger partial charge in [-0.05, 0) is 48.4 Å². The van der Waals surface area contributed by atoms with Gasteiger partial charge in [-0.3, -0.25) is 9.59 Å². The van der Waals surface area contributed by atoms with Crippen LogP contribution in [0.15, 0.2) is 84.4 Å². The van der Waals surface area contributed by atoms with Gasteiger partial charge in [-0.1, -0.05) is 60.2 Å². The topological polar surface area (TPSA) is 82.0 Å². The molecule has 148 valence electrons. The molecule has 0 spiro atoms. The van der Waals surface area contributed by atoms with Crippen LogP contribution in [-0.2, 0) is 11.3 Å². The molecule has 0 radical (unpaired) electrons. The first kappa shape index (κ1) is 20.6. The summed E-state index contributed by atoms with van der Waals surface area (Å²) in [5.41, 5.74) is 3.80. The van der Waals surface area contributed by atoms with Crippen LogP contribution in [0.5, 0.6) is 0 Å². The van der Waals surface area contributed by atoms with E-state index in [-0.39, 0.29) is 11.5 Å². The van der Waals surface area contributed by atoms with E-state index in [1.165, 1.54) is 6.08 Å². The number of nitriles is 1. The molecule has 0 aliphatic carbocycles. The quantitative estimate of drug-likeness (QED) is 0.477. The third-order valence-electron chi connectivity index (χ3n) is 4.43. The number of hydrogen-bond donors (Lipinski definition) is 2. The third-order valence-corrected chi connectivity index (χ3v) is 4.43. The van der Waals surface area contributed by atoms with E-state index in [9.17, 15) is 14.9 Å². The molecule has 0 aromatic heterocycles. The van der Waals surface area contributed by atoms with Gasteiger partial charge in [0.15, 0.2) is 0 Å². The van der Waals surface area contributed by atoms with Gasteiger partial charge < -0.3 is 10.6 Å². The van der Waals surface area contributed by atoms with Crippen molar-refractivity contribution in [3.8, 4) is 6.07 Å². The molecule has 2 amide bonds. The molecule has 0 bridgehead atoms. The van der Waals surface area contributed by atoms with Crippen LogP contribution in [0.2, 0.25) is 0 Å². The number of nitrogens with zero attached hydrogens (tertiary/aromatic N) is 1. The fourth-order valence-corrected chi connectivity index (χ4v) is 2.80. The number of benzene rings is 3. The monoisotopic (exact) mass is 395 g/mol. The van der Waals surface area contributed by atoms with E-state index in [2.05, 4.69) is 10.6 Å². The predicted molar refractivity (Wildman–Crippen MR) is 117 cm³/mol. The van der Waals surface area contributed by atoms with Gasteiger partial charge in [0.2, 0.25) is 0 Å². The zero-order chi connectivity index (χ0) is 21.3. The van der Waals surface area contributed by atoms with E-state index in [4.69, 9.17) is 0 Å². The van der Waals surface area contributed by atoms with Crippen molar-refractivity contribution < 1.29 is 9.59 Å². The van der Waals surface area contributed by atoms with Crippen LogP contribution in [0.4, 0.5) is 5.69 Å². The molecule has 30 heavy (non-hydrogen) atoms. The first-order chi connectivity index (χ1) is 14.5. The van der Waals surface area contributed by atoms with Gasteiger partial charge in [-0.25, -0.2) is 0 Å². The number of anilines is 1. The Morgan fingerprint density at radius 3 is 2.40 bits per heavy atom. The van der Waals surface area contributed by atoms with Crippen molar-refractivity contribution in [2.45, 2.75) is 13.5 Å². The molecule has 5 nitrogen and oxygen atoms in total. The predicted octanol–water partition coefficient (Wildman–Crippen LogP) is 4.47. The van der Waals surface area contributed by atoms with Gasteiger partial charge in [-0.15, -0.1) is 0 Å². The molecule has 0 heterocycles. The van der Waals surface area contributed by atoms with E-state index < -0.39 is 5.91 Å². The average molecular weight is 395 g/mol. The van der Waals surface area contributed by atoms with E-state index in [0.717, 1.165) is 11.1 Å². The minimum absolute atomic E-state index is 0.00653. The highest BCUT2D eigenvalue weighted by Crippen LogP contribution is 2.15. The van der Waals surface area contributed by atoms with Crippen LogP contribution in [0, 0.1) is 18.3 Å². The fraction of sp³-hybridized carbons (Fsp3) is 0.0800. The standard InChI is InChI=1S/C25H21N3O2/c1-18-10-12-21(13-11-18)25(30)28-23-9-5-8-20(15-23)14-22(16-26)24(29)27-17-19-6-3-2-4-7-19/h2-15H,17H2,1H3,(H,27,29)(H,28,30)/b22-14+. The Kier molecular flexibility index (Phi) is 6.75. The van der Waals surface area contributed by atoms with Crippen LogP contribution in [0.1, 0.15) is 27.0 Å². The van der Waals surface area contributed by atoms with Crippen molar-refractivity contribution in [1.29, 1.82) is 5.26 Å². The molecule has 3 aromatic carbocycles. The zero-order valence-corrected chi connectivity index (χ0v) is 16.6. The summed E-state index contributed by atoms with van der Waals surface area (Å²) in [6, 6.07) is 25.7. The maximum Gasteiger partial charge on any atom is 0.262 e. The minimum Gasteiger partial charge on any atom is -0.347 e. The van der Waals surface area contributed by atoms with Crippen molar-refractivity contribution in [3.63, 3.8) is 0 Å². The second kappa shape index (κ2) is 9.85. The van der Waals surface area contributed by atoms with Gasteiger partial charge in [0.05, 0.1) is 0 Å². The molecule has 0 fully saturated rings. The Balaban J connectivity index is 1.69. The number of amides is 2. The highest BCUT2D eigenvalue weighted by Gasteiger charge is 2.10. The molecule has 0 unspecified atom stereocenters. The molecule has 0 saturated carbocycles. The van der Waals surface area contributed by atoms with Crippen LogP contribution in [0.25, 0.3) is 6.08 Å². The van der Waals surface area contributed by atoms with E-state index >= 15 is 0 Å². The molecule has 0 saturated heterocycles. The van der Waals surface area contributed by atoms with Crippen LogP contribution in [-0.4, -0.2) is 11.8 Å². The molecule has 3 rings (SSSR count). The molecule has 0 aliphatic heterocycles. The highest BCUT2D eigenvalue weighted by atomic mass is 16.2. The van der Waals surface area contributed by atoms with Gasteiger partial charge in [0.25, 0.3) is 11.8 Å². The zero-order valence-electron chi connectivity index (χ0n) is 16.6. The van der Waals surface area contributed by atoms with Crippen LogP contribution >= 0.6 is 0 Å². The van der Waals surface area contributed by atoms with Gasteiger partial charge in [0.1, 0.15) is 11.6 Å². The summed E-state index contributed by atoms with van der Waals surface area (Å²) in [6.45, 7) is 2.30. The van der Waals surface area contributed by atoms with Gasteiger partial charge in [0, 0.05) is 17.8 Å². The van der Waals surface area contributed by atoms with Crippen LogP contribution in [0.3, 0.4) is 0 Å². The molecular formula is C25H21N3O2. The lowest BCUT2D eigenvalue weighted by atomic mass is 10.1. The Morgan fingerprint density at radius 2 is 1.70 bits per heavy atom. The largest absolute Gasteiger partial charge is 0.347 e. The Labute approximate surface area is 175 Å². The maximum atomic E-state index is 12.4. The molecule has 0 atom stereocenters. The SMILES string of the molecule is Cc1ccc(C(=O)Nc2cccc(/C=C(\C#N)C(=O)NCc3ccccc3)c2)cc1. The number of carbonyl (C=O) groups is 2. The fourth-order valence-electron chi connectivity index (χ4n) is 2.80. The van der Waals surface area contributed by atoms with Gasteiger partial charge in [-0.2, -0.15) is 5.26 Å². The Morgan fingerprint density at radius 1 is 0.967 bits per heavy atom. The number of aryl methyl sites for hydroxylation is 1. The molecule has 2 N–H and O–H groups in total. The molecule has 5 heteroatoms. The lowest BCUT2D eigenvalue weighted by Gasteiger charge is -2.07. The van der Waals surface area contributed by atoms with Crippen molar-refractivity contribution in [3.05, 3.63) is 107 Å². The number of hydrogen-bond acceptors (Lipinski definition) is 3. The molecule has 3 aromatic rings. The normalized spacial score (nSPS) is 10.7. The summed E-state index contributed by atoms with van der Waals surface area (Å²) in [7, 11) is 0. The summed E-state index contributed by atoms with van der Waals surface area (Å²) in [6.07, 6.45) is 1.50. The van der Waals surface area contributed by atoms with Crippen molar-refractivity contribution in [2.24, 2.45) is 0 Å². The minimum atomic E-state index is -0.449. The lowest BCUT2D eigenvalue weighted by molar-refractivity contribution is -0.117. The lowest BCUT2D eigenvalue weighted by Crippen LogP contribution is -2.23. The van der Waals surface area contributed by atoms with E-state index in [1.807, 2.05) is 55.5 Å². The first-order valence-corrected chi connectivity index (χ1v) is 9.47. The Bertz CT molecular complexity index is 1110. The maximum absolute atomic E-state index is 12.4. The van der Waals surface area contributed by atoms with E-state index in [1.54, 1.807) is 36.4 Å². The molecule has 0 aliphatic rings. The first-order valence-electron chi connectivity index (χ1n) is 9.47. The van der Waals surface area contributed by atoms with Crippen molar-refractivity contribution >= 4 is 23.6 Å². The summed E-state index contributed by atoms with van der Waals surface area (Å²) in [5, 5.41) is 15.0. The van der Waals surface area contributed by atoms with E-state index in [0.29, 0.717) is 23.4 Å². The smallest absolute Gasteiger partial charge is 0.262 e. The summed E-state index contributed by atoms with van der Waals surface area (Å²) in [5.74, 6) is -0.673.